The van der Waals surface area contributed by atoms with Crippen LogP contribution in [0.2, 0.25) is 0 Å². The van der Waals surface area contributed by atoms with Gasteiger partial charge in [0.15, 0.2) is 11.6 Å². The van der Waals surface area contributed by atoms with Gasteiger partial charge < -0.3 is 5.11 Å². The minimum atomic E-state index is -0.527. The molecular formula is C14H20FNO. The fourth-order valence-electron chi connectivity index (χ4n) is 2.57. The lowest BCUT2D eigenvalue weighted by molar-refractivity contribution is 0.122. The summed E-state index contributed by atoms with van der Waals surface area (Å²) in [6.07, 6.45) is 2.42. The molecule has 0 aliphatic carbocycles. The van der Waals surface area contributed by atoms with E-state index in [1.807, 2.05) is 0 Å². The van der Waals surface area contributed by atoms with Gasteiger partial charge in [0.2, 0.25) is 0 Å². The molecule has 1 aliphatic heterocycles. The van der Waals surface area contributed by atoms with Gasteiger partial charge in [-0.3, -0.25) is 4.90 Å². The SMILES string of the molecule is CC1CCN(Cc2ccc(O)c(F)c2)C(C)C1. The Morgan fingerprint density at radius 3 is 2.82 bits per heavy atom. The number of halogens is 1. The van der Waals surface area contributed by atoms with E-state index in [2.05, 4.69) is 18.7 Å². The molecule has 2 unspecified atom stereocenters. The Morgan fingerprint density at radius 2 is 2.18 bits per heavy atom. The van der Waals surface area contributed by atoms with Crippen molar-refractivity contribution in [1.29, 1.82) is 0 Å². The first kappa shape index (κ1) is 12.4. The van der Waals surface area contributed by atoms with Gasteiger partial charge >= 0.3 is 0 Å². The maximum atomic E-state index is 13.2. The van der Waals surface area contributed by atoms with Crippen LogP contribution in [-0.4, -0.2) is 22.6 Å². The molecule has 0 bridgehead atoms. The van der Waals surface area contributed by atoms with E-state index in [4.69, 9.17) is 5.11 Å². The van der Waals surface area contributed by atoms with Crippen molar-refractivity contribution >= 4 is 0 Å². The van der Waals surface area contributed by atoms with E-state index in [1.54, 1.807) is 6.07 Å². The predicted molar refractivity (Wildman–Crippen MR) is 66.3 cm³/mol. The molecule has 0 amide bonds. The number of aromatic hydroxyl groups is 1. The second kappa shape index (κ2) is 5.05. The highest BCUT2D eigenvalue weighted by Gasteiger charge is 2.22. The number of rotatable bonds is 2. The molecule has 1 fully saturated rings. The maximum Gasteiger partial charge on any atom is 0.165 e. The Hall–Kier alpha value is -1.09. The van der Waals surface area contributed by atoms with Crippen molar-refractivity contribution in [2.24, 2.45) is 5.92 Å². The Labute approximate surface area is 102 Å². The molecule has 1 N–H and O–H groups in total. The number of hydrogen-bond acceptors (Lipinski definition) is 2. The van der Waals surface area contributed by atoms with Gasteiger partial charge in [0, 0.05) is 12.6 Å². The first-order valence-corrected chi connectivity index (χ1v) is 6.27. The average molecular weight is 237 g/mol. The van der Waals surface area contributed by atoms with Gasteiger partial charge in [-0.15, -0.1) is 0 Å². The largest absolute Gasteiger partial charge is 0.505 e. The van der Waals surface area contributed by atoms with Gasteiger partial charge in [-0.25, -0.2) is 4.39 Å². The summed E-state index contributed by atoms with van der Waals surface area (Å²) in [5.41, 5.74) is 0.932. The number of phenols is 1. The zero-order valence-electron chi connectivity index (χ0n) is 10.5. The lowest BCUT2D eigenvalue weighted by atomic mass is 9.93. The van der Waals surface area contributed by atoms with Crippen molar-refractivity contribution in [2.45, 2.75) is 39.3 Å². The molecule has 0 radical (unpaired) electrons. The molecule has 1 aromatic rings. The molecule has 1 aliphatic rings. The van der Waals surface area contributed by atoms with Crippen LogP contribution >= 0.6 is 0 Å². The van der Waals surface area contributed by atoms with Crippen molar-refractivity contribution in [1.82, 2.24) is 4.90 Å². The van der Waals surface area contributed by atoms with Crippen LogP contribution < -0.4 is 0 Å². The third-order valence-electron chi connectivity index (χ3n) is 3.67. The second-order valence-electron chi connectivity index (χ2n) is 5.23. The molecule has 3 heteroatoms. The van der Waals surface area contributed by atoms with E-state index in [9.17, 15) is 4.39 Å². The summed E-state index contributed by atoms with van der Waals surface area (Å²) in [6.45, 7) is 6.36. The van der Waals surface area contributed by atoms with Crippen molar-refractivity contribution in [3.05, 3.63) is 29.6 Å². The third-order valence-corrected chi connectivity index (χ3v) is 3.67. The van der Waals surface area contributed by atoms with E-state index < -0.39 is 5.82 Å². The van der Waals surface area contributed by atoms with Crippen LogP contribution in [0.5, 0.6) is 5.75 Å². The fourth-order valence-corrected chi connectivity index (χ4v) is 2.57. The number of nitrogens with zero attached hydrogens (tertiary/aromatic N) is 1. The first-order valence-electron chi connectivity index (χ1n) is 6.27. The standard InChI is InChI=1S/C14H20FNO/c1-10-5-6-16(11(2)7-10)9-12-3-4-14(17)13(15)8-12/h3-4,8,10-11,17H,5-7,9H2,1-2H3. The Kier molecular flexibility index (Phi) is 3.67. The van der Waals surface area contributed by atoms with Gasteiger partial charge in [0.25, 0.3) is 0 Å². The molecule has 2 nitrogen and oxygen atoms in total. The molecule has 94 valence electrons. The summed E-state index contributed by atoms with van der Waals surface area (Å²) in [4.78, 5) is 2.38. The number of piperidine rings is 1. The quantitative estimate of drug-likeness (QED) is 0.854. The normalized spacial score (nSPS) is 26.1. The smallest absolute Gasteiger partial charge is 0.165 e. The molecule has 1 aromatic carbocycles. The van der Waals surface area contributed by atoms with Crippen LogP contribution in [0.25, 0.3) is 0 Å². The van der Waals surface area contributed by atoms with Crippen LogP contribution in [-0.2, 0) is 6.54 Å². The number of benzene rings is 1. The molecule has 2 atom stereocenters. The number of likely N-dealkylation sites (tertiary alicyclic amines) is 1. The van der Waals surface area contributed by atoms with Crippen LogP contribution in [0.15, 0.2) is 18.2 Å². The Morgan fingerprint density at radius 1 is 1.41 bits per heavy atom. The highest BCUT2D eigenvalue weighted by atomic mass is 19.1. The molecule has 17 heavy (non-hydrogen) atoms. The molecule has 1 heterocycles. The van der Waals surface area contributed by atoms with E-state index in [0.29, 0.717) is 6.04 Å². The highest BCUT2D eigenvalue weighted by molar-refractivity contribution is 5.28. The zero-order chi connectivity index (χ0) is 12.4. The summed E-state index contributed by atoms with van der Waals surface area (Å²) in [7, 11) is 0. The molecule has 1 saturated heterocycles. The van der Waals surface area contributed by atoms with Crippen LogP contribution in [0.4, 0.5) is 4.39 Å². The lowest BCUT2D eigenvalue weighted by Crippen LogP contribution is -2.39. The van der Waals surface area contributed by atoms with Crippen molar-refractivity contribution in [3.63, 3.8) is 0 Å². The summed E-state index contributed by atoms with van der Waals surface area (Å²) in [5, 5.41) is 9.15. The topological polar surface area (TPSA) is 23.5 Å². The molecule has 2 rings (SSSR count). The first-order chi connectivity index (χ1) is 8.06. The van der Waals surface area contributed by atoms with Gasteiger partial charge in [-0.1, -0.05) is 13.0 Å². The molecule has 0 spiro atoms. The Bertz CT molecular complexity index is 394. The molecular weight excluding hydrogens is 217 g/mol. The van der Waals surface area contributed by atoms with Gasteiger partial charge in [0.1, 0.15) is 0 Å². The Balaban J connectivity index is 2.02. The van der Waals surface area contributed by atoms with Crippen LogP contribution in [0, 0.1) is 11.7 Å². The average Bonchev–Trinajstić information content (AvgIpc) is 2.27. The predicted octanol–water partition coefficient (Wildman–Crippen LogP) is 3.15. The minimum absolute atomic E-state index is 0.269. The number of hydrogen-bond donors (Lipinski definition) is 1. The van der Waals surface area contributed by atoms with Gasteiger partial charge in [-0.2, -0.15) is 0 Å². The van der Waals surface area contributed by atoms with Crippen molar-refractivity contribution < 1.29 is 9.50 Å². The zero-order valence-corrected chi connectivity index (χ0v) is 10.5. The monoisotopic (exact) mass is 237 g/mol. The summed E-state index contributed by atoms with van der Waals surface area (Å²) >= 11 is 0. The second-order valence-corrected chi connectivity index (χ2v) is 5.23. The number of phenolic OH excluding ortho intramolecular Hbond substituents is 1. The summed E-state index contributed by atoms with van der Waals surface area (Å²) < 4.78 is 13.2. The van der Waals surface area contributed by atoms with E-state index in [0.717, 1.165) is 24.6 Å². The fraction of sp³-hybridized carbons (Fsp3) is 0.571. The lowest BCUT2D eigenvalue weighted by Gasteiger charge is -2.36. The molecule has 0 saturated carbocycles. The van der Waals surface area contributed by atoms with E-state index >= 15 is 0 Å². The highest BCUT2D eigenvalue weighted by Crippen LogP contribution is 2.24. The van der Waals surface area contributed by atoms with E-state index in [1.165, 1.54) is 25.0 Å². The van der Waals surface area contributed by atoms with Crippen molar-refractivity contribution in [2.75, 3.05) is 6.54 Å². The summed E-state index contributed by atoms with van der Waals surface area (Å²) in [6, 6.07) is 5.21. The summed E-state index contributed by atoms with van der Waals surface area (Å²) in [5.74, 6) is -0.00704. The maximum absolute atomic E-state index is 13.2. The van der Waals surface area contributed by atoms with Crippen LogP contribution in [0.3, 0.4) is 0 Å². The molecule has 0 aromatic heterocycles. The third kappa shape index (κ3) is 2.97. The van der Waals surface area contributed by atoms with Crippen molar-refractivity contribution in [3.8, 4) is 5.75 Å². The minimum Gasteiger partial charge on any atom is -0.505 e. The van der Waals surface area contributed by atoms with Crippen LogP contribution in [0.1, 0.15) is 32.3 Å². The van der Waals surface area contributed by atoms with E-state index in [-0.39, 0.29) is 5.75 Å². The van der Waals surface area contributed by atoms with Gasteiger partial charge in [-0.05, 0) is 49.9 Å². The van der Waals surface area contributed by atoms with Gasteiger partial charge in [0.05, 0.1) is 0 Å².